The number of aromatic amines is 1. The van der Waals surface area contributed by atoms with Crippen LogP contribution in [-0.2, 0) is 4.74 Å². The number of hydrogen-bond acceptors (Lipinski definition) is 5. The molecule has 1 saturated heterocycles. The second kappa shape index (κ2) is 7.54. The number of amides is 1. The number of carbonyl (C=O) groups is 2. The Kier molecular flexibility index (Phi) is 4.69. The summed E-state index contributed by atoms with van der Waals surface area (Å²) < 4.78 is 5.68. The molecule has 2 aliphatic rings. The molecule has 0 radical (unpaired) electrons. The number of carboxylic acid groups (broad SMARTS) is 1. The van der Waals surface area contributed by atoms with E-state index in [0.29, 0.717) is 18.8 Å². The maximum absolute atomic E-state index is 12.6. The molecule has 0 bridgehead atoms. The largest absolute Gasteiger partial charge is 0.476 e. The van der Waals surface area contributed by atoms with E-state index < -0.39 is 5.97 Å². The molecule has 3 aromatic rings. The Balaban J connectivity index is 1.21. The predicted molar refractivity (Wildman–Crippen MR) is 112 cm³/mol. The summed E-state index contributed by atoms with van der Waals surface area (Å²) in [5.74, 6) is -1.09. The fraction of sp³-hybridized carbons (Fsp3) is 0.304. The highest BCUT2D eigenvalue weighted by Crippen LogP contribution is 2.44. The van der Waals surface area contributed by atoms with Crippen LogP contribution in [0.2, 0.25) is 0 Å². The van der Waals surface area contributed by atoms with E-state index >= 15 is 0 Å². The molecule has 8 heteroatoms. The minimum Gasteiger partial charge on any atom is -0.476 e. The molecule has 2 aromatic carbocycles. The molecule has 1 aromatic heterocycles. The van der Waals surface area contributed by atoms with Crippen molar-refractivity contribution in [1.82, 2.24) is 20.3 Å². The maximum Gasteiger partial charge on any atom is 0.409 e. The SMILES string of the molecule is CC(c1n[nH]nc1C(=O)O)C1CN(C(=O)OCC2c3ccccc3-c3ccccc32)C1. The Hall–Kier alpha value is -3.68. The fourth-order valence-corrected chi connectivity index (χ4v) is 4.60. The Morgan fingerprint density at radius 2 is 1.71 bits per heavy atom. The van der Waals surface area contributed by atoms with Gasteiger partial charge in [-0.2, -0.15) is 10.3 Å². The molecule has 5 rings (SSSR count). The van der Waals surface area contributed by atoms with Gasteiger partial charge in [0.2, 0.25) is 0 Å². The topological polar surface area (TPSA) is 108 Å². The van der Waals surface area contributed by atoms with Crippen LogP contribution in [0.25, 0.3) is 11.1 Å². The first-order valence-electron chi connectivity index (χ1n) is 10.3. The third-order valence-corrected chi connectivity index (χ3v) is 6.42. The number of aromatic carboxylic acids is 1. The standard InChI is InChI=1S/C23H22N4O4/c1-13(20-21(22(28)29)25-26-24-20)14-10-27(11-14)23(30)31-12-19-17-8-4-2-6-15(17)16-7-3-5-9-18(16)19/h2-9,13-14,19H,10-12H2,1H3,(H,28,29)(H,24,25,26). The summed E-state index contributed by atoms with van der Waals surface area (Å²) >= 11 is 0. The Morgan fingerprint density at radius 3 is 2.32 bits per heavy atom. The zero-order valence-corrected chi connectivity index (χ0v) is 17.0. The summed E-state index contributed by atoms with van der Waals surface area (Å²) in [6.45, 7) is 3.20. The lowest BCUT2D eigenvalue weighted by molar-refractivity contribution is 0.0449. The van der Waals surface area contributed by atoms with Crippen molar-refractivity contribution in [1.29, 1.82) is 0 Å². The molecule has 1 amide bonds. The van der Waals surface area contributed by atoms with E-state index in [0.717, 1.165) is 0 Å². The molecular formula is C23H22N4O4. The van der Waals surface area contributed by atoms with Crippen LogP contribution in [0, 0.1) is 5.92 Å². The lowest BCUT2D eigenvalue weighted by Gasteiger charge is -2.41. The lowest BCUT2D eigenvalue weighted by Crippen LogP contribution is -2.52. The van der Waals surface area contributed by atoms with E-state index in [2.05, 4.69) is 39.7 Å². The van der Waals surface area contributed by atoms with Crippen molar-refractivity contribution in [2.75, 3.05) is 19.7 Å². The summed E-state index contributed by atoms with van der Waals surface area (Å²) in [5.41, 5.74) is 5.10. The van der Waals surface area contributed by atoms with Crippen LogP contribution in [0.4, 0.5) is 4.79 Å². The van der Waals surface area contributed by atoms with Crippen molar-refractivity contribution in [2.24, 2.45) is 5.92 Å². The smallest absolute Gasteiger partial charge is 0.409 e. The highest BCUT2D eigenvalue weighted by molar-refractivity contribution is 5.86. The minimum atomic E-state index is -1.11. The van der Waals surface area contributed by atoms with Gasteiger partial charge in [0.1, 0.15) is 12.3 Å². The first kappa shape index (κ1) is 19.3. The van der Waals surface area contributed by atoms with Crippen molar-refractivity contribution < 1.29 is 19.4 Å². The van der Waals surface area contributed by atoms with Crippen molar-refractivity contribution in [2.45, 2.75) is 18.8 Å². The molecular weight excluding hydrogens is 396 g/mol. The van der Waals surface area contributed by atoms with Gasteiger partial charge in [-0.05, 0) is 22.3 Å². The van der Waals surface area contributed by atoms with Gasteiger partial charge in [-0.1, -0.05) is 55.5 Å². The summed E-state index contributed by atoms with van der Waals surface area (Å²) in [4.78, 5) is 25.5. The highest BCUT2D eigenvalue weighted by Gasteiger charge is 2.39. The average molecular weight is 418 g/mol. The Bertz CT molecular complexity index is 1110. The number of likely N-dealkylation sites (tertiary alicyclic amines) is 1. The number of rotatable bonds is 5. The summed E-state index contributed by atoms with van der Waals surface area (Å²) in [6, 6.07) is 16.5. The van der Waals surface area contributed by atoms with Crippen LogP contribution in [0.1, 0.15) is 46.1 Å². The summed E-state index contributed by atoms with van der Waals surface area (Å²) in [7, 11) is 0. The number of nitrogens with one attached hydrogen (secondary N) is 1. The predicted octanol–water partition coefficient (Wildman–Crippen LogP) is 3.49. The number of aromatic nitrogens is 3. The van der Waals surface area contributed by atoms with E-state index in [1.165, 1.54) is 22.3 Å². The second-order valence-corrected chi connectivity index (χ2v) is 8.12. The normalized spacial score (nSPS) is 16.4. The number of nitrogens with zero attached hydrogens (tertiary/aromatic N) is 3. The van der Waals surface area contributed by atoms with Gasteiger partial charge < -0.3 is 14.7 Å². The number of ether oxygens (including phenoxy) is 1. The zero-order chi connectivity index (χ0) is 21.5. The zero-order valence-electron chi connectivity index (χ0n) is 17.0. The average Bonchev–Trinajstić information content (AvgIpc) is 3.35. The van der Waals surface area contributed by atoms with Crippen molar-refractivity contribution in [3.8, 4) is 11.1 Å². The van der Waals surface area contributed by atoms with E-state index in [4.69, 9.17) is 4.74 Å². The van der Waals surface area contributed by atoms with Gasteiger partial charge >= 0.3 is 12.1 Å². The molecule has 0 saturated carbocycles. The number of fused-ring (bicyclic) bond motifs is 3. The molecule has 2 heterocycles. The van der Waals surface area contributed by atoms with E-state index in [9.17, 15) is 14.7 Å². The highest BCUT2D eigenvalue weighted by atomic mass is 16.6. The third-order valence-electron chi connectivity index (χ3n) is 6.42. The van der Waals surface area contributed by atoms with E-state index in [-0.39, 0.29) is 36.1 Å². The van der Waals surface area contributed by atoms with Crippen molar-refractivity contribution in [3.05, 3.63) is 71.0 Å². The van der Waals surface area contributed by atoms with Crippen LogP contribution in [0.15, 0.2) is 48.5 Å². The van der Waals surface area contributed by atoms with Crippen LogP contribution in [-0.4, -0.2) is 57.2 Å². The van der Waals surface area contributed by atoms with Gasteiger partial charge in [-0.3, -0.25) is 0 Å². The third kappa shape index (κ3) is 3.24. The Labute approximate surface area is 178 Å². The van der Waals surface area contributed by atoms with E-state index in [1.54, 1.807) is 4.90 Å². The van der Waals surface area contributed by atoms with Gasteiger partial charge in [0.05, 0.1) is 0 Å². The number of carbonyl (C=O) groups excluding carboxylic acids is 1. The molecule has 158 valence electrons. The molecule has 1 aliphatic heterocycles. The molecule has 0 spiro atoms. The van der Waals surface area contributed by atoms with Gasteiger partial charge in [0, 0.05) is 30.8 Å². The minimum absolute atomic E-state index is 0.0283. The lowest BCUT2D eigenvalue weighted by atomic mass is 9.84. The maximum atomic E-state index is 12.6. The van der Waals surface area contributed by atoms with Gasteiger partial charge in [0.15, 0.2) is 5.69 Å². The van der Waals surface area contributed by atoms with Crippen LogP contribution in [0.3, 0.4) is 0 Å². The van der Waals surface area contributed by atoms with Crippen LogP contribution < -0.4 is 0 Å². The summed E-state index contributed by atoms with van der Waals surface area (Å²) in [6.07, 6.45) is -0.344. The quantitative estimate of drug-likeness (QED) is 0.657. The Morgan fingerprint density at radius 1 is 1.10 bits per heavy atom. The van der Waals surface area contributed by atoms with Gasteiger partial charge in [-0.15, -0.1) is 5.10 Å². The molecule has 1 aliphatic carbocycles. The van der Waals surface area contributed by atoms with E-state index in [1.807, 2.05) is 31.2 Å². The van der Waals surface area contributed by atoms with Gasteiger partial charge in [0.25, 0.3) is 0 Å². The van der Waals surface area contributed by atoms with Crippen molar-refractivity contribution >= 4 is 12.1 Å². The molecule has 2 N–H and O–H groups in total. The molecule has 31 heavy (non-hydrogen) atoms. The monoisotopic (exact) mass is 418 g/mol. The summed E-state index contributed by atoms with van der Waals surface area (Å²) in [5, 5.41) is 19.3. The number of benzene rings is 2. The number of hydrogen-bond donors (Lipinski definition) is 2. The first-order valence-corrected chi connectivity index (χ1v) is 10.3. The molecule has 1 fully saturated rings. The number of H-pyrrole nitrogens is 1. The molecule has 1 unspecified atom stereocenters. The van der Waals surface area contributed by atoms with Gasteiger partial charge in [-0.25, -0.2) is 9.59 Å². The molecule has 1 atom stereocenters. The first-order chi connectivity index (χ1) is 15.0. The molecule has 8 nitrogen and oxygen atoms in total. The fourth-order valence-electron chi connectivity index (χ4n) is 4.60. The van der Waals surface area contributed by atoms with Crippen molar-refractivity contribution in [3.63, 3.8) is 0 Å². The number of carboxylic acids is 1. The van der Waals surface area contributed by atoms with Crippen LogP contribution in [0.5, 0.6) is 0 Å². The second-order valence-electron chi connectivity index (χ2n) is 8.12. The van der Waals surface area contributed by atoms with Crippen LogP contribution >= 0.6 is 0 Å².